The van der Waals surface area contributed by atoms with Gasteiger partial charge < -0.3 is 20.1 Å². The van der Waals surface area contributed by atoms with Crippen LogP contribution in [0.25, 0.3) is 0 Å². The summed E-state index contributed by atoms with van der Waals surface area (Å²) in [6.07, 6.45) is 4.15. The van der Waals surface area contributed by atoms with E-state index in [1.165, 1.54) is 0 Å². The number of amides is 2. The maximum Gasteiger partial charge on any atom is 0.325 e. The van der Waals surface area contributed by atoms with Crippen molar-refractivity contribution in [2.75, 3.05) is 26.3 Å². The molecule has 2 amide bonds. The molecule has 1 fully saturated rings. The average Bonchev–Trinajstić information content (AvgIpc) is 2.87. The van der Waals surface area contributed by atoms with E-state index in [0.29, 0.717) is 13.2 Å². The Morgan fingerprint density at radius 1 is 1.39 bits per heavy atom. The van der Waals surface area contributed by atoms with Crippen molar-refractivity contribution < 1.29 is 19.4 Å². The molecule has 0 spiro atoms. The topological polar surface area (TPSA) is 78.9 Å². The molecule has 1 saturated carbocycles. The number of hydrogen-bond acceptors (Lipinski definition) is 4. The van der Waals surface area contributed by atoms with Gasteiger partial charge in [-0.1, -0.05) is 12.8 Å². The van der Waals surface area contributed by atoms with E-state index in [4.69, 9.17) is 9.84 Å². The molecule has 0 unspecified atom stereocenters. The summed E-state index contributed by atoms with van der Waals surface area (Å²) in [5.74, 6) is -0.443. The molecule has 104 valence electrons. The first-order chi connectivity index (χ1) is 8.69. The summed E-state index contributed by atoms with van der Waals surface area (Å²) >= 11 is 0. The number of rotatable bonds is 6. The van der Waals surface area contributed by atoms with Crippen LogP contribution in [-0.4, -0.2) is 54.4 Å². The molecule has 6 heteroatoms. The summed E-state index contributed by atoms with van der Waals surface area (Å²) in [5.41, 5.74) is 0. The second kappa shape index (κ2) is 7.92. The maximum absolute atomic E-state index is 11.9. The van der Waals surface area contributed by atoms with Crippen molar-refractivity contribution in [3.05, 3.63) is 0 Å². The van der Waals surface area contributed by atoms with E-state index >= 15 is 0 Å². The van der Waals surface area contributed by atoms with Crippen molar-refractivity contribution in [1.82, 2.24) is 10.2 Å². The third-order valence-corrected chi connectivity index (χ3v) is 3.06. The largest absolute Gasteiger partial charge is 0.465 e. The monoisotopic (exact) mass is 258 g/mol. The highest BCUT2D eigenvalue weighted by atomic mass is 16.5. The highest BCUT2D eigenvalue weighted by Gasteiger charge is 2.26. The lowest BCUT2D eigenvalue weighted by atomic mass is 10.2. The van der Waals surface area contributed by atoms with Gasteiger partial charge in [0.25, 0.3) is 0 Å². The fraction of sp³-hybridized carbons (Fsp3) is 0.833. The van der Waals surface area contributed by atoms with E-state index in [0.717, 1.165) is 25.7 Å². The van der Waals surface area contributed by atoms with E-state index in [1.54, 1.807) is 11.8 Å². The molecular formula is C12H22N2O4. The van der Waals surface area contributed by atoms with Gasteiger partial charge in [-0.05, 0) is 19.8 Å². The Hall–Kier alpha value is -1.30. The zero-order chi connectivity index (χ0) is 13.4. The molecule has 1 aliphatic carbocycles. The number of carbonyl (C=O) groups excluding carboxylic acids is 2. The van der Waals surface area contributed by atoms with E-state index in [9.17, 15) is 9.59 Å². The molecule has 0 aromatic rings. The molecule has 0 radical (unpaired) electrons. The number of aliphatic hydroxyl groups excluding tert-OH is 1. The van der Waals surface area contributed by atoms with Crippen molar-refractivity contribution >= 4 is 12.0 Å². The van der Waals surface area contributed by atoms with Gasteiger partial charge in [0.05, 0.1) is 13.2 Å². The summed E-state index contributed by atoms with van der Waals surface area (Å²) in [6.45, 7) is 2.14. The number of ether oxygens (including phenoxy) is 1. The van der Waals surface area contributed by atoms with Gasteiger partial charge in [0.2, 0.25) is 0 Å². The van der Waals surface area contributed by atoms with E-state index in [-0.39, 0.29) is 25.2 Å². The van der Waals surface area contributed by atoms with Crippen molar-refractivity contribution in [3.8, 4) is 0 Å². The van der Waals surface area contributed by atoms with Crippen LogP contribution in [0.3, 0.4) is 0 Å². The summed E-state index contributed by atoms with van der Waals surface area (Å²) in [6, 6.07) is -0.122. The molecule has 0 saturated heterocycles. The first-order valence-corrected chi connectivity index (χ1v) is 6.50. The molecule has 0 bridgehead atoms. The smallest absolute Gasteiger partial charge is 0.325 e. The molecule has 2 N–H and O–H groups in total. The van der Waals surface area contributed by atoms with Crippen LogP contribution in [0, 0.1) is 0 Å². The van der Waals surface area contributed by atoms with Crippen molar-refractivity contribution in [2.24, 2.45) is 0 Å². The summed E-state index contributed by atoms with van der Waals surface area (Å²) in [5, 5.41) is 11.5. The standard InChI is InChI=1S/C12H22N2O4/c1-2-18-11(16)9-13-12(17)14(7-8-15)10-5-3-4-6-10/h10,15H,2-9H2,1H3,(H,13,17). The lowest BCUT2D eigenvalue weighted by Crippen LogP contribution is -2.47. The number of esters is 1. The highest BCUT2D eigenvalue weighted by Crippen LogP contribution is 2.23. The summed E-state index contributed by atoms with van der Waals surface area (Å²) in [7, 11) is 0. The first kappa shape index (κ1) is 14.8. The van der Waals surface area contributed by atoms with Gasteiger partial charge in [0, 0.05) is 12.6 Å². The Balaban J connectivity index is 2.41. The van der Waals surface area contributed by atoms with Gasteiger partial charge in [0.15, 0.2) is 0 Å². The fourth-order valence-electron chi connectivity index (χ4n) is 2.23. The lowest BCUT2D eigenvalue weighted by molar-refractivity contribution is -0.141. The van der Waals surface area contributed by atoms with Crippen molar-refractivity contribution in [3.63, 3.8) is 0 Å². The van der Waals surface area contributed by atoms with Gasteiger partial charge >= 0.3 is 12.0 Å². The van der Waals surface area contributed by atoms with Crippen LogP contribution in [0.15, 0.2) is 0 Å². The maximum atomic E-state index is 11.9. The molecule has 1 rings (SSSR count). The SMILES string of the molecule is CCOC(=O)CNC(=O)N(CCO)C1CCCC1. The first-order valence-electron chi connectivity index (χ1n) is 6.50. The Morgan fingerprint density at radius 2 is 2.06 bits per heavy atom. The zero-order valence-electron chi connectivity index (χ0n) is 10.9. The second-order valence-corrected chi connectivity index (χ2v) is 4.32. The molecule has 0 atom stereocenters. The molecule has 0 heterocycles. The van der Waals surface area contributed by atoms with Gasteiger partial charge in [-0.3, -0.25) is 4.79 Å². The van der Waals surface area contributed by atoms with Gasteiger partial charge in [-0.25, -0.2) is 4.79 Å². The number of nitrogens with zero attached hydrogens (tertiary/aromatic N) is 1. The molecule has 1 aliphatic rings. The molecule has 0 aromatic carbocycles. The van der Waals surface area contributed by atoms with Crippen LogP contribution in [-0.2, 0) is 9.53 Å². The third kappa shape index (κ3) is 4.52. The molecule has 0 aliphatic heterocycles. The van der Waals surface area contributed by atoms with E-state index in [2.05, 4.69) is 5.32 Å². The Labute approximate surface area is 107 Å². The van der Waals surface area contributed by atoms with Crippen LogP contribution >= 0.6 is 0 Å². The summed E-state index contributed by atoms with van der Waals surface area (Å²) < 4.78 is 4.74. The number of nitrogens with one attached hydrogen (secondary N) is 1. The third-order valence-electron chi connectivity index (χ3n) is 3.06. The second-order valence-electron chi connectivity index (χ2n) is 4.32. The minimum absolute atomic E-state index is 0.0661. The number of aliphatic hydroxyl groups is 1. The Kier molecular flexibility index (Phi) is 6.49. The number of hydrogen-bond donors (Lipinski definition) is 2. The molecule has 6 nitrogen and oxygen atoms in total. The Morgan fingerprint density at radius 3 is 2.61 bits per heavy atom. The average molecular weight is 258 g/mol. The van der Waals surface area contributed by atoms with Crippen LogP contribution in [0.1, 0.15) is 32.6 Å². The Bertz CT molecular complexity index is 277. The van der Waals surface area contributed by atoms with Crippen LogP contribution in [0.2, 0.25) is 0 Å². The van der Waals surface area contributed by atoms with Crippen LogP contribution in [0.5, 0.6) is 0 Å². The fourth-order valence-corrected chi connectivity index (χ4v) is 2.23. The van der Waals surface area contributed by atoms with Crippen molar-refractivity contribution in [2.45, 2.75) is 38.6 Å². The zero-order valence-corrected chi connectivity index (χ0v) is 10.9. The predicted octanol–water partition coefficient (Wildman–Crippen LogP) is 0.496. The number of carbonyl (C=O) groups is 2. The summed E-state index contributed by atoms with van der Waals surface area (Å²) in [4.78, 5) is 24.7. The predicted molar refractivity (Wildman–Crippen MR) is 66.1 cm³/mol. The normalized spacial score (nSPS) is 15.4. The minimum Gasteiger partial charge on any atom is -0.465 e. The highest BCUT2D eigenvalue weighted by molar-refractivity contribution is 5.81. The molecular weight excluding hydrogens is 236 g/mol. The minimum atomic E-state index is -0.443. The van der Waals surface area contributed by atoms with Crippen LogP contribution < -0.4 is 5.32 Å². The quantitative estimate of drug-likeness (QED) is 0.680. The lowest BCUT2D eigenvalue weighted by Gasteiger charge is -2.28. The van der Waals surface area contributed by atoms with Gasteiger partial charge in [0.1, 0.15) is 6.54 Å². The van der Waals surface area contributed by atoms with E-state index in [1.807, 2.05) is 0 Å². The number of urea groups is 1. The van der Waals surface area contributed by atoms with E-state index < -0.39 is 5.97 Å². The molecule has 0 aromatic heterocycles. The van der Waals surface area contributed by atoms with Crippen LogP contribution in [0.4, 0.5) is 4.79 Å². The van der Waals surface area contributed by atoms with Gasteiger partial charge in [-0.2, -0.15) is 0 Å². The molecule has 18 heavy (non-hydrogen) atoms. The van der Waals surface area contributed by atoms with Gasteiger partial charge in [-0.15, -0.1) is 0 Å². The van der Waals surface area contributed by atoms with Crippen molar-refractivity contribution in [1.29, 1.82) is 0 Å².